The molecule has 1 aliphatic carbocycles. The molecule has 2 N–H and O–H groups in total. The minimum atomic E-state index is -0.367. The van der Waals surface area contributed by atoms with Crippen molar-refractivity contribution in [3.8, 4) is 0 Å². The molecule has 0 saturated heterocycles. The van der Waals surface area contributed by atoms with Crippen molar-refractivity contribution < 1.29 is 9.59 Å². The van der Waals surface area contributed by atoms with E-state index < -0.39 is 0 Å². The summed E-state index contributed by atoms with van der Waals surface area (Å²) in [6, 6.07) is 17.2. The van der Waals surface area contributed by atoms with Crippen LogP contribution in [-0.2, 0) is 4.79 Å². The minimum Gasteiger partial charge on any atom is -0.343 e. The summed E-state index contributed by atoms with van der Waals surface area (Å²) in [5.74, 6) is 0.507. The molecule has 2 aromatic carbocycles. The molecule has 0 spiro atoms. The predicted octanol–water partition coefficient (Wildman–Crippen LogP) is 5.52. The van der Waals surface area contributed by atoms with Crippen LogP contribution in [0.3, 0.4) is 0 Å². The lowest BCUT2D eigenvalue weighted by Crippen LogP contribution is -2.37. The summed E-state index contributed by atoms with van der Waals surface area (Å²) in [5.41, 5.74) is 3.64. The van der Waals surface area contributed by atoms with E-state index in [0.717, 1.165) is 33.8 Å². The molecule has 1 aliphatic heterocycles. The Labute approximate surface area is 197 Å². The Morgan fingerprint density at radius 2 is 1.85 bits per heavy atom. The molecule has 6 nitrogen and oxygen atoms in total. The number of fused-ring (bicyclic) bond motifs is 1. The molecular formula is C26H26N4O2S. The molecule has 33 heavy (non-hydrogen) atoms. The van der Waals surface area contributed by atoms with E-state index >= 15 is 0 Å². The van der Waals surface area contributed by atoms with Crippen molar-refractivity contribution in [1.29, 1.82) is 0 Å². The lowest BCUT2D eigenvalue weighted by Gasteiger charge is -2.39. The smallest absolute Gasteiger partial charge is 0.261 e. The Morgan fingerprint density at radius 3 is 2.55 bits per heavy atom. The highest BCUT2D eigenvalue weighted by atomic mass is 32.2. The van der Waals surface area contributed by atoms with Gasteiger partial charge in [-0.25, -0.2) is 4.68 Å². The number of para-hydroxylation sites is 1. The number of nitrogens with one attached hydrogen (secondary N) is 2. The molecule has 7 heteroatoms. The first-order valence-corrected chi connectivity index (χ1v) is 12.2. The average molecular weight is 459 g/mol. The van der Waals surface area contributed by atoms with Gasteiger partial charge in [0.2, 0.25) is 0 Å². The van der Waals surface area contributed by atoms with Crippen molar-refractivity contribution in [1.82, 2.24) is 9.78 Å². The van der Waals surface area contributed by atoms with Gasteiger partial charge in [-0.2, -0.15) is 5.10 Å². The number of hydrogen-bond donors (Lipinski definition) is 2. The van der Waals surface area contributed by atoms with Crippen molar-refractivity contribution in [3.63, 3.8) is 0 Å². The maximum atomic E-state index is 13.3. The number of thioether (sulfide) groups is 1. The normalized spacial score (nSPS) is 18.9. The van der Waals surface area contributed by atoms with Crippen molar-refractivity contribution in [2.24, 2.45) is 5.41 Å². The van der Waals surface area contributed by atoms with E-state index in [9.17, 15) is 9.59 Å². The topological polar surface area (TPSA) is 76.0 Å². The average Bonchev–Trinajstić information content (AvgIpc) is 3.21. The second kappa shape index (κ2) is 8.23. The van der Waals surface area contributed by atoms with Gasteiger partial charge >= 0.3 is 0 Å². The zero-order valence-corrected chi connectivity index (χ0v) is 19.7. The van der Waals surface area contributed by atoms with Gasteiger partial charge in [0.25, 0.3) is 5.91 Å². The van der Waals surface area contributed by atoms with Crippen LogP contribution in [-0.4, -0.2) is 27.7 Å². The number of amides is 1. The fourth-order valence-electron chi connectivity index (χ4n) is 4.69. The summed E-state index contributed by atoms with van der Waals surface area (Å²) in [6.07, 6.45) is 4.84. The highest BCUT2D eigenvalue weighted by Gasteiger charge is 2.42. The molecule has 0 radical (unpaired) electrons. The van der Waals surface area contributed by atoms with Gasteiger partial charge in [-0.15, -0.1) is 11.8 Å². The summed E-state index contributed by atoms with van der Waals surface area (Å²) in [5, 5.41) is 10.9. The number of ketones is 1. The van der Waals surface area contributed by atoms with Crippen LogP contribution >= 0.6 is 11.8 Å². The van der Waals surface area contributed by atoms with Gasteiger partial charge in [-0.05, 0) is 47.9 Å². The zero-order valence-electron chi connectivity index (χ0n) is 18.9. The third kappa shape index (κ3) is 3.97. The number of aromatic nitrogens is 2. The number of rotatable bonds is 4. The first-order chi connectivity index (χ1) is 15.9. The van der Waals surface area contributed by atoms with Crippen LogP contribution in [0.5, 0.6) is 0 Å². The fraction of sp³-hybridized carbons (Fsp3) is 0.269. The van der Waals surface area contributed by atoms with Gasteiger partial charge in [-0.1, -0.05) is 44.2 Å². The standard InChI is InChI=1S/C26H26N4O2S/c1-26(2)13-20-22(21(31)14-26)23(16-9-11-18(33-3)12-10-16)30-24(29-20)19(15-27-30)25(32)28-17-7-5-4-6-8-17/h4-12,15,23,29H,13-14H2,1-3H3,(H,28,32)/t23-/m1/s1. The monoisotopic (exact) mass is 458 g/mol. The summed E-state index contributed by atoms with van der Waals surface area (Å²) in [7, 11) is 0. The molecule has 0 saturated carbocycles. The summed E-state index contributed by atoms with van der Waals surface area (Å²) >= 11 is 1.68. The Bertz CT molecular complexity index is 1260. The second-order valence-corrected chi connectivity index (χ2v) is 10.2. The van der Waals surface area contributed by atoms with Gasteiger partial charge in [-0.3, -0.25) is 9.59 Å². The minimum absolute atomic E-state index is 0.129. The number of Topliss-reactive ketones (excluding diaryl/α,β-unsaturated/α-hetero) is 1. The molecule has 5 rings (SSSR count). The molecule has 1 aromatic heterocycles. The molecule has 168 valence electrons. The Morgan fingerprint density at radius 1 is 1.12 bits per heavy atom. The maximum Gasteiger partial charge on any atom is 0.261 e. The number of carbonyl (C=O) groups excluding carboxylic acids is 2. The first kappa shape index (κ1) is 21.5. The summed E-state index contributed by atoms with van der Waals surface area (Å²) in [6.45, 7) is 4.21. The summed E-state index contributed by atoms with van der Waals surface area (Å²) < 4.78 is 1.78. The largest absolute Gasteiger partial charge is 0.343 e. The van der Waals surface area contributed by atoms with E-state index in [1.165, 1.54) is 0 Å². The van der Waals surface area contributed by atoms with Gasteiger partial charge < -0.3 is 10.6 Å². The number of carbonyl (C=O) groups is 2. The Hall–Kier alpha value is -3.32. The van der Waals surface area contributed by atoms with E-state index in [4.69, 9.17) is 0 Å². The quantitative estimate of drug-likeness (QED) is 0.504. The Balaban J connectivity index is 1.60. The molecule has 0 fully saturated rings. The highest BCUT2D eigenvalue weighted by Crippen LogP contribution is 2.46. The van der Waals surface area contributed by atoms with Crippen LogP contribution in [0.4, 0.5) is 11.5 Å². The third-order valence-electron chi connectivity index (χ3n) is 6.21. The number of allylic oxidation sites excluding steroid dienone is 2. The molecular weight excluding hydrogens is 432 g/mol. The molecule has 2 aliphatic rings. The van der Waals surface area contributed by atoms with Crippen LogP contribution in [0.25, 0.3) is 0 Å². The highest BCUT2D eigenvalue weighted by molar-refractivity contribution is 7.98. The number of anilines is 2. The van der Waals surface area contributed by atoms with Crippen molar-refractivity contribution in [2.75, 3.05) is 16.9 Å². The number of nitrogens with zero attached hydrogens (tertiary/aromatic N) is 2. The van der Waals surface area contributed by atoms with Gasteiger partial charge in [0.15, 0.2) is 5.78 Å². The van der Waals surface area contributed by atoms with Crippen molar-refractivity contribution >= 4 is 35.0 Å². The predicted molar refractivity (Wildman–Crippen MR) is 132 cm³/mol. The summed E-state index contributed by atoms with van der Waals surface area (Å²) in [4.78, 5) is 27.6. The van der Waals surface area contributed by atoms with Gasteiger partial charge in [0.1, 0.15) is 17.4 Å². The third-order valence-corrected chi connectivity index (χ3v) is 6.95. The fourth-order valence-corrected chi connectivity index (χ4v) is 5.10. The number of hydrogen-bond acceptors (Lipinski definition) is 5. The van der Waals surface area contributed by atoms with Crippen molar-refractivity contribution in [3.05, 3.63) is 83.2 Å². The van der Waals surface area contributed by atoms with E-state index in [-0.39, 0.29) is 23.1 Å². The van der Waals surface area contributed by atoms with E-state index in [2.05, 4.69) is 53.8 Å². The molecule has 1 atom stereocenters. The second-order valence-electron chi connectivity index (χ2n) is 9.31. The molecule has 0 bridgehead atoms. The van der Waals surface area contributed by atoms with Gasteiger partial charge in [0.05, 0.1) is 6.20 Å². The van der Waals surface area contributed by atoms with Crippen LogP contribution in [0.1, 0.15) is 48.7 Å². The van der Waals surface area contributed by atoms with Crippen LogP contribution in [0.15, 0.2) is 77.0 Å². The van der Waals surface area contributed by atoms with Crippen LogP contribution in [0.2, 0.25) is 0 Å². The van der Waals surface area contributed by atoms with Crippen LogP contribution < -0.4 is 10.6 Å². The lowest BCUT2D eigenvalue weighted by molar-refractivity contribution is -0.118. The molecule has 2 heterocycles. The molecule has 1 amide bonds. The zero-order chi connectivity index (χ0) is 23.2. The number of benzene rings is 2. The Kier molecular flexibility index (Phi) is 5.37. The van der Waals surface area contributed by atoms with Gasteiger partial charge in [0, 0.05) is 28.3 Å². The maximum absolute atomic E-state index is 13.3. The van der Waals surface area contributed by atoms with Crippen LogP contribution in [0, 0.1) is 5.41 Å². The van der Waals surface area contributed by atoms with E-state index in [0.29, 0.717) is 17.8 Å². The molecule has 3 aromatic rings. The van der Waals surface area contributed by atoms with E-state index in [1.54, 1.807) is 22.6 Å². The lowest BCUT2D eigenvalue weighted by atomic mass is 9.73. The SMILES string of the molecule is CSc1ccc([C@@H]2C3=C(CC(C)(C)CC3=O)Nc3c(C(=O)Nc4ccccc4)cnn32)cc1. The van der Waals surface area contributed by atoms with Crippen molar-refractivity contribution in [2.45, 2.75) is 37.6 Å². The molecule has 0 unspecified atom stereocenters. The first-order valence-electron chi connectivity index (χ1n) is 11.0. The van der Waals surface area contributed by atoms with E-state index in [1.807, 2.05) is 36.6 Å².